The molecule has 0 saturated heterocycles. The molecule has 0 unspecified atom stereocenters. The molecule has 78 valence electrons. The van der Waals surface area contributed by atoms with E-state index in [1.165, 1.54) is 23.7 Å². The van der Waals surface area contributed by atoms with E-state index >= 15 is 0 Å². The first-order valence-electron chi connectivity index (χ1n) is 3.94. The lowest BCUT2D eigenvalue weighted by Gasteiger charge is -1.95. The number of carboxylic acids is 1. The second kappa shape index (κ2) is 5.71. The van der Waals surface area contributed by atoms with Gasteiger partial charge in [0.2, 0.25) is 0 Å². The molecule has 0 radical (unpaired) electrons. The van der Waals surface area contributed by atoms with Crippen LogP contribution >= 0.6 is 11.5 Å². The fourth-order valence-corrected chi connectivity index (χ4v) is 1.06. The molecule has 1 aromatic carbocycles. The molecular formula is C9H8N2O3S. The predicted molar refractivity (Wildman–Crippen MR) is 55.0 cm³/mol. The number of aromatic carboxylic acids is 1. The van der Waals surface area contributed by atoms with Crippen molar-refractivity contribution in [3.8, 4) is 5.75 Å². The second-order valence-electron chi connectivity index (χ2n) is 2.41. The van der Waals surface area contributed by atoms with Gasteiger partial charge in [0.1, 0.15) is 11.3 Å². The molecule has 0 aliphatic carbocycles. The molecule has 0 bridgehead atoms. The first kappa shape index (κ1) is 11.1. The number of aromatic nitrogens is 2. The molecule has 0 saturated carbocycles. The van der Waals surface area contributed by atoms with Crippen LogP contribution in [0.4, 0.5) is 0 Å². The minimum absolute atomic E-state index is 0.0671. The number of carboxylic acid groups (broad SMARTS) is 1. The Hall–Kier alpha value is -1.95. The molecule has 2 rings (SSSR count). The number of benzene rings is 1. The summed E-state index contributed by atoms with van der Waals surface area (Å²) in [6.45, 7) is 0. The lowest BCUT2D eigenvalue weighted by atomic mass is 10.2. The molecule has 0 aliphatic heterocycles. The molecule has 6 heteroatoms. The largest absolute Gasteiger partial charge is 0.507 e. The van der Waals surface area contributed by atoms with Crippen molar-refractivity contribution in [2.75, 3.05) is 0 Å². The fourth-order valence-electron chi connectivity index (χ4n) is 0.791. The Morgan fingerprint density at radius 2 is 2.07 bits per heavy atom. The van der Waals surface area contributed by atoms with Crippen LogP contribution < -0.4 is 0 Å². The van der Waals surface area contributed by atoms with Crippen molar-refractivity contribution >= 4 is 17.5 Å². The van der Waals surface area contributed by atoms with Crippen LogP contribution in [-0.2, 0) is 0 Å². The van der Waals surface area contributed by atoms with E-state index in [1.807, 2.05) is 5.38 Å². The number of hydrogen-bond donors (Lipinski definition) is 2. The van der Waals surface area contributed by atoms with Crippen LogP contribution in [0.5, 0.6) is 5.75 Å². The van der Waals surface area contributed by atoms with Crippen LogP contribution in [0.15, 0.2) is 35.8 Å². The van der Waals surface area contributed by atoms with Crippen molar-refractivity contribution in [1.29, 1.82) is 0 Å². The van der Waals surface area contributed by atoms with E-state index in [9.17, 15) is 4.79 Å². The summed E-state index contributed by atoms with van der Waals surface area (Å²) < 4.78 is 3.51. The van der Waals surface area contributed by atoms with Gasteiger partial charge in [0.25, 0.3) is 0 Å². The molecule has 0 spiro atoms. The van der Waals surface area contributed by atoms with Gasteiger partial charge in [0.05, 0.1) is 6.20 Å². The minimum Gasteiger partial charge on any atom is -0.507 e. The first-order valence-corrected chi connectivity index (χ1v) is 4.78. The molecule has 0 amide bonds. The highest BCUT2D eigenvalue weighted by Crippen LogP contribution is 2.14. The Morgan fingerprint density at radius 3 is 2.40 bits per heavy atom. The second-order valence-corrected chi connectivity index (χ2v) is 3.06. The summed E-state index contributed by atoms with van der Waals surface area (Å²) >= 11 is 1.35. The van der Waals surface area contributed by atoms with Crippen LogP contribution in [0.3, 0.4) is 0 Å². The van der Waals surface area contributed by atoms with E-state index in [0.29, 0.717) is 0 Å². The molecule has 2 N–H and O–H groups in total. The molecule has 2 aromatic rings. The molecule has 1 aromatic heterocycles. The standard InChI is InChI=1S/C7H6O3.C2H2N2S/c8-6-4-2-1-3-5(6)7(9)10;1-2-5-4-3-1/h1-4,8H,(H,9,10);1-2H. The molecule has 0 aliphatic rings. The monoisotopic (exact) mass is 224 g/mol. The van der Waals surface area contributed by atoms with Gasteiger partial charge in [-0.2, -0.15) is 0 Å². The zero-order chi connectivity index (χ0) is 11.1. The molecular weight excluding hydrogens is 216 g/mol. The summed E-state index contributed by atoms with van der Waals surface area (Å²) in [6.07, 6.45) is 1.66. The van der Waals surface area contributed by atoms with Crippen molar-refractivity contribution in [2.45, 2.75) is 0 Å². The number of phenols is 1. The summed E-state index contributed by atoms with van der Waals surface area (Å²) in [7, 11) is 0. The number of rotatable bonds is 1. The third-order valence-corrected chi connectivity index (χ3v) is 1.85. The van der Waals surface area contributed by atoms with Gasteiger partial charge in [-0.1, -0.05) is 16.6 Å². The summed E-state index contributed by atoms with van der Waals surface area (Å²) in [5, 5.41) is 22.6. The topological polar surface area (TPSA) is 83.3 Å². The van der Waals surface area contributed by atoms with Crippen LogP contribution in [-0.4, -0.2) is 25.8 Å². The van der Waals surface area contributed by atoms with Gasteiger partial charge in [0.15, 0.2) is 0 Å². The van der Waals surface area contributed by atoms with Gasteiger partial charge >= 0.3 is 5.97 Å². The summed E-state index contributed by atoms with van der Waals surface area (Å²) in [5.74, 6) is -1.31. The van der Waals surface area contributed by atoms with Gasteiger partial charge in [0, 0.05) is 5.38 Å². The smallest absolute Gasteiger partial charge is 0.339 e. The molecule has 0 fully saturated rings. The van der Waals surface area contributed by atoms with E-state index in [2.05, 4.69) is 9.59 Å². The molecule has 5 nitrogen and oxygen atoms in total. The average molecular weight is 224 g/mol. The zero-order valence-corrected chi connectivity index (χ0v) is 8.39. The van der Waals surface area contributed by atoms with Crippen LogP contribution in [0.1, 0.15) is 10.4 Å². The van der Waals surface area contributed by atoms with Crippen LogP contribution in [0, 0.1) is 0 Å². The minimum atomic E-state index is -1.11. The van der Waals surface area contributed by atoms with Gasteiger partial charge in [-0.25, -0.2) is 4.79 Å². The highest BCUT2D eigenvalue weighted by molar-refractivity contribution is 7.03. The van der Waals surface area contributed by atoms with Crippen LogP contribution in [0.2, 0.25) is 0 Å². The Labute approximate surface area is 89.8 Å². The number of nitrogens with zero attached hydrogens (tertiary/aromatic N) is 2. The van der Waals surface area contributed by atoms with E-state index in [-0.39, 0.29) is 11.3 Å². The summed E-state index contributed by atoms with van der Waals surface area (Å²) in [6, 6.07) is 5.81. The maximum Gasteiger partial charge on any atom is 0.339 e. The van der Waals surface area contributed by atoms with Gasteiger partial charge < -0.3 is 10.2 Å². The van der Waals surface area contributed by atoms with E-state index in [4.69, 9.17) is 10.2 Å². The third kappa shape index (κ3) is 3.74. The summed E-state index contributed by atoms with van der Waals surface area (Å²) in [4.78, 5) is 10.3. The van der Waals surface area contributed by atoms with E-state index < -0.39 is 5.97 Å². The predicted octanol–water partition coefficient (Wildman–Crippen LogP) is 1.63. The van der Waals surface area contributed by atoms with E-state index in [0.717, 1.165) is 0 Å². The number of carbonyl (C=O) groups is 1. The first-order chi connectivity index (χ1) is 7.22. The Balaban J connectivity index is 0.000000187. The summed E-state index contributed by atoms with van der Waals surface area (Å²) in [5.41, 5.74) is -0.0671. The van der Waals surface area contributed by atoms with E-state index in [1.54, 1.807) is 18.3 Å². The average Bonchev–Trinajstić information content (AvgIpc) is 2.75. The van der Waals surface area contributed by atoms with Crippen LogP contribution in [0.25, 0.3) is 0 Å². The lowest BCUT2D eigenvalue weighted by molar-refractivity contribution is 0.0694. The normalized spacial score (nSPS) is 8.80. The maximum absolute atomic E-state index is 10.3. The molecule has 1 heterocycles. The van der Waals surface area contributed by atoms with Crippen molar-refractivity contribution in [1.82, 2.24) is 9.59 Å². The maximum atomic E-state index is 10.3. The quantitative estimate of drug-likeness (QED) is 0.769. The third-order valence-electron chi connectivity index (χ3n) is 1.42. The number of para-hydroxylation sites is 1. The van der Waals surface area contributed by atoms with Gasteiger partial charge in [-0.05, 0) is 23.7 Å². The van der Waals surface area contributed by atoms with Gasteiger partial charge in [-0.15, -0.1) is 5.10 Å². The van der Waals surface area contributed by atoms with Crippen molar-refractivity contribution < 1.29 is 15.0 Å². The SMILES string of the molecule is O=C(O)c1ccccc1O.c1csnn1. The Kier molecular flexibility index (Phi) is 4.24. The number of hydrogen-bond acceptors (Lipinski definition) is 5. The molecule has 0 atom stereocenters. The highest BCUT2D eigenvalue weighted by atomic mass is 32.1. The fraction of sp³-hybridized carbons (Fsp3) is 0. The zero-order valence-electron chi connectivity index (χ0n) is 7.57. The van der Waals surface area contributed by atoms with Crippen molar-refractivity contribution in [3.05, 3.63) is 41.4 Å². The molecule has 15 heavy (non-hydrogen) atoms. The number of aromatic hydroxyl groups is 1. The highest BCUT2D eigenvalue weighted by Gasteiger charge is 2.05. The lowest BCUT2D eigenvalue weighted by Crippen LogP contribution is -1.95. The van der Waals surface area contributed by atoms with Gasteiger partial charge in [-0.3, -0.25) is 0 Å². The van der Waals surface area contributed by atoms with Crippen molar-refractivity contribution in [3.63, 3.8) is 0 Å². The Bertz CT molecular complexity index is 400. The Morgan fingerprint density at radius 1 is 1.33 bits per heavy atom. The van der Waals surface area contributed by atoms with Crippen molar-refractivity contribution in [2.24, 2.45) is 0 Å².